The molecule has 6 nitrogen and oxygen atoms in total. The second-order valence-electron chi connectivity index (χ2n) is 6.05. The number of imide groups is 1. The van der Waals surface area contributed by atoms with Gasteiger partial charge in [0.25, 0.3) is 11.8 Å². The number of carbonyl (C=O) groups is 2. The molecule has 2 aliphatic rings. The van der Waals surface area contributed by atoms with E-state index in [9.17, 15) is 19.2 Å². The van der Waals surface area contributed by atoms with Crippen LogP contribution in [0.25, 0.3) is 10.8 Å². The largest absolute Gasteiger partial charge is 0.367 e. The highest BCUT2D eigenvalue weighted by molar-refractivity contribution is 9.10. The molecule has 2 heterocycles. The average Bonchev–Trinajstić information content (AvgIpc) is 2.95. The third-order valence-corrected chi connectivity index (χ3v) is 4.97. The molecule has 2 aliphatic heterocycles. The molecule has 124 valence electrons. The standard InChI is InChI=1S/C16H13BrFN3O3/c17-7-3-9-13-10(4-7)15(22)21(24)16(23)11(13)5-12(18)14(9)20-2-1-8(19)6-20/h3-5,8,24H,1-2,6,19H2/t8-/m0/s1. The maximum Gasteiger partial charge on any atom is 0.285 e. The Balaban J connectivity index is 2.08. The molecule has 1 fully saturated rings. The van der Waals surface area contributed by atoms with E-state index < -0.39 is 17.6 Å². The molecule has 0 spiro atoms. The SMILES string of the molecule is N[C@H]1CCN(c2c(F)cc3c4c(cc(Br)cc24)C(=O)N(O)C3=O)C1. The molecule has 1 atom stereocenters. The number of carbonyl (C=O) groups excluding carboxylic acids is 2. The second kappa shape index (κ2) is 5.23. The lowest BCUT2D eigenvalue weighted by atomic mass is 9.93. The van der Waals surface area contributed by atoms with Gasteiger partial charge in [-0.2, -0.15) is 0 Å². The lowest BCUT2D eigenvalue weighted by Gasteiger charge is -2.27. The van der Waals surface area contributed by atoms with Crippen molar-refractivity contribution in [2.75, 3.05) is 18.0 Å². The Morgan fingerprint density at radius 2 is 1.88 bits per heavy atom. The van der Waals surface area contributed by atoms with Gasteiger partial charge in [0.15, 0.2) is 0 Å². The summed E-state index contributed by atoms with van der Waals surface area (Å²) in [4.78, 5) is 26.2. The quantitative estimate of drug-likeness (QED) is 0.573. The van der Waals surface area contributed by atoms with Crippen LogP contribution >= 0.6 is 15.9 Å². The molecule has 0 aromatic heterocycles. The van der Waals surface area contributed by atoms with Crippen molar-refractivity contribution in [2.45, 2.75) is 12.5 Å². The molecule has 0 saturated carbocycles. The van der Waals surface area contributed by atoms with Crippen molar-refractivity contribution >= 4 is 44.2 Å². The van der Waals surface area contributed by atoms with Crippen LogP contribution in [0.3, 0.4) is 0 Å². The predicted octanol–water partition coefficient (Wildman–Crippen LogP) is 2.26. The molecule has 3 N–H and O–H groups in total. The van der Waals surface area contributed by atoms with Crippen molar-refractivity contribution in [2.24, 2.45) is 5.73 Å². The van der Waals surface area contributed by atoms with Gasteiger partial charge in [-0.3, -0.25) is 14.8 Å². The molecule has 0 aliphatic carbocycles. The molecule has 24 heavy (non-hydrogen) atoms. The first-order chi connectivity index (χ1) is 11.4. The van der Waals surface area contributed by atoms with Crippen LogP contribution < -0.4 is 10.6 Å². The number of nitrogens with zero attached hydrogens (tertiary/aromatic N) is 2. The fourth-order valence-corrected chi connectivity index (χ4v) is 3.91. The molecule has 2 amide bonds. The first-order valence-electron chi connectivity index (χ1n) is 7.42. The van der Waals surface area contributed by atoms with Crippen molar-refractivity contribution in [1.29, 1.82) is 0 Å². The van der Waals surface area contributed by atoms with Gasteiger partial charge >= 0.3 is 0 Å². The minimum absolute atomic E-state index is 0.0223. The first kappa shape index (κ1) is 15.5. The number of benzene rings is 2. The summed E-state index contributed by atoms with van der Waals surface area (Å²) >= 11 is 3.31. The van der Waals surface area contributed by atoms with E-state index in [4.69, 9.17) is 5.73 Å². The predicted molar refractivity (Wildman–Crippen MR) is 88.7 cm³/mol. The molecule has 2 aromatic rings. The van der Waals surface area contributed by atoms with E-state index in [0.29, 0.717) is 34.0 Å². The fourth-order valence-electron chi connectivity index (χ4n) is 3.45. The number of rotatable bonds is 1. The Bertz CT molecular complexity index is 895. The highest BCUT2D eigenvalue weighted by Gasteiger charge is 2.35. The number of hydrogen-bond acceptors (Lipinski definition) is 5. The molecule has 0 radical (unpaired) electrons. The van der Waals surface area contributed by atoms with Gasteiger partial charge < -0.3 is 10.6 Å². The third-order valence-electron chi connectivity index (χ3n) is 4.51. The Kier molecular flexibility index (Phi) is 3.38. The summed E-state index contributed by atoms with van der Waals surface area (Å²) in [5, 5.41) is 10.5. The number of hydrogen-bond donors (Lipinski definition) is 2. The highest BCUT2D eigenvalue weighted by atomic mass is 79.9. The highest BCUT2D eigenvalue weighted by Crippen LogP contribution is 2.40. The fraction of sp³-hybridized carbons (Fsp3) is 0.250. The zero-order chi connectivity index (χ0) is 17.2. The van der Waals surface area contributed by atoms with Crippen LogP contribution in [0.2, 0.25) is 0 Å². The van der Waals surface area contributed by atoms with Gasteiger partial charge in [-0.15, -0.1) is 5.06 Å². The summed E-state index contributed by atoms with van der Waals surface area (Å²) in [7, 11) is 0. The third kappa shape index (κ3) is 2.07. The van der Waals surface area contributed by atoms with Crippen LogP contribution in [-0.4, -0.2) is 41.2 Å². The maximum atomic E-state index is 14.8. The smallest absolute Gasteiger partial charge is 0.285 e. The van der Waals surface area contributed by atoms with E-state index in [0.717, 1.165) is 12.5 Å². The lowest BCUT2D eigenvalue weighted by molar-refractivity contribution is -0.0377. The Morgan fingerprint density at radius 3 is 2.50 bits per heavy atom. The van der Waals surface area contributed by atoms with Gasteiger partial charge in [-0.1, -0.05) is 15.9 Å². The van der Waals surface area contributed by atoms with Gasteiger partial charge in [0, 0.05) is 34.4 Å². The van der Waals surface area contributed by atoms with Gasteiger partial charge in [0.1, 0.15) is 5.82 Å². The number of anilines is 1. The van der Waals surface area contributed by atoms with Crippen LogP contribution in [0.5, 0.6) is 0 Å². The molecule has 0 bridgehead atoms. The number of nitrogens with two attached hydrogens (primary N) is 1. The summed E-state index contributed by atoms with van der Waals surface area (Å²) in [6.07, 6.45) is 0.742. The van der Waals surface area contributed by atoms with E-state index in [1.807, 2.05) is 4.90 Å². The average molecular weight is 394 g/mol. The Morgan fingerprint density at radius 1 is 1.21 bits per heavy atom. The van der Waals surface area contributed by atoms with E-state index in [1.165, 1.54) is 6.07 Å². The van der Waals surface area contributed by atoms with Crippen molar-refractivity contribution in [1.82, 2.24) is 5.06 Å². The number of amides is 2. The maximum absolute atomic E-state index is 14.8. The van der Waals surface area contributed by atoms with Crippen LogP contribution in [0.4, 0.5) is 10.1 Å². The topological polar surface area (TPSA) is 86.9 Å². The van der Waals surface area contributed by atoms with Gasteiger partial charge in [-0.25, -0.2) is 4.39 Å². The van der Waals surface area contributed by atoms with Gasteiger partial charge in [-0.05, 0) is 24.6 Å². The Hall–Kier alpha value is -2.03. The minimum Gasteiger partial charge on any atom is -0.367 e. The number of hydroxylamine groups is 2. The zero-order valence-electron chi connectivity index (χ0n) is 12.4. The van der Waals surface area contributed by atoms with Crippen LogP contribution in [-0.2, 0) is 0 Å². The molecule has 2 aromatic carbocycles. The van der Waals surface area contributed by atoms with Gasteiger partial charge in [0.05, 0.1) is 16.8 Å². The minimum atomic E-state index is -0.927. The van der Waals surface area contributed by atoms with Crippen LogP contribution in [0, 0.1) is 5.82 Å². The van der Waals surface area contributed by atoms with Crippen molar-refractivity contribution in [3.8, 4) is 0 Å². The van der Waals surface area contributed by atoms with Crippen molar-refractivity contribution < 1.29 is 19.2 Å². The second-order valence-corrected chi connectivity index (χ2v) is 6.96. The molecule has 4 rings (SSSR count). The summed E-state index contributed by atoms with van der Waals surface area (Å²) in [6.45, 7) is 1.10. The number of halogens is 2. The van der Waals surface area contributed by atoms with Crippen molar-refractivity contribution in [3.05, 3.63) is 39.6 Å². The Labute approximate surface area is 144 Å². The van der Waals surface area contributed by atoms with Crippen LogP contribution in [0.1, 0.15) is 27.1 Å². The molecular formula is C16H13BrFN3O3. The molecule has 0 unspecified atom stereocenters. The van der Waals surface area contributed by atoms with Crippen LogP contribution in [0.15, 0.2) is 22.7 Å². The first-order valence-corrected chi connectivity index (χ1v) is 8.21. The molecular weight excluding hydrogens is 381 g/mol. The summed E-state index contributed by atoms with van der Waals surface area (Å²) in [5.74, 6) is -2.33. The van der Waals surface area contributed by atoms with E-state index in [1.54, 1.807) is 6.07 Å². The normalized spacial score (nSPS) is 20.4. The summed E-state index contributed by atoms with van der Waals surface area (Å²) in [5.41, 5.74) is 6.38. The van der Waals surface area contributed by atoms with Crippen molar-refractivity contribution in [3.63, 3.8) is 0 Å². The van der Waals surface area contributed by atoms with E-state index in [2.05, 4.69) is 15.9 Å². The monoisotopic (exact) mass is 393 g/mol. The lowest BCUT2D eigenvalue weighted by Crippen LogP contribution is -2.38. The zero-order valence-corrected chi connectivity index (χ0v) is 14.0. The molecule has 8 heteroatoms. The summed E-state index contributed by atoms with van der Waals surface area (Å²) in [6, 6.07) is 4.23. The molecule has 1 saturated heterocycles. The van der Waals surface area contributed by atoms with E-state index in [-0.39, 0.29) is 22.2 Å². The van der Waals surface area contributed by atoms with Gasteiger partial charge in [0.2, 0.25) is 0 Å². The summed E-state index contributed by atoms with van der Waals surface area (Å²) < 4.78 is 15.4. The van der Waals surface area contributed by atoms with E-state index >= 15 is 0 Å².